The molecule has 0 aromatic rings. The Hall–Kier alpha value is -0.180. The van der Waals surface area contributed by atoms with Crippen LogP contribution in [0.4, 0.5) is 0 Å². The van der Waals surface area contributed by atoms with Crippen LogP contribution in [0, 0.1) is 11.8 Å². The van der Waals surface area contributed by atoms with Crippen molar-refractivity contribution < 1.29 is 9.53 Å². The lowest BCUT2D eigenvalue weighted by molar-refractivity contribution is -0.144. The average Bonchev–Trinajstić information content (AvgIpc) is 2.47. The highest BCUT2D eigenvalue weighted by Crippen LogP contribution is 2.24. The van der Waals surface area contributed by atoms with Crippen molar-refractivity contribution in [3.63, 3.8) is 0 Å². The van der Waals surface area contributed by atoms with E-state index < -0.39 is 0 Å². The molecule has 1 N–H and O–H groups in total. The van der Waals surface area contributed by atoms with Crippen LogP contribution in [-0.2, 0) is 9.53 Å². The third kappa shape index (κ3) is 6.63. The van der Waals surface area contributed by atoms with Crippen LogP contribution in [0.25, 0.3) is 0 Å². The van der Waals surface area contributed by atoms with Crippen LogP contribution in [0.1, 0.15) is 20.8 Å². The third-order valence-corrected chi connectivity index (χ3v) is 5.06. The van der Waals surface area contributed by atoms with E-state index in [0.29, 0.717) is 17.7 Å². The van der Waals surface area contributed by atoms with Gasteiger partial charge in [0.25, 0.3) is 0 Å². The molecule has 2 unspecified atom stereocenters. The number of halogens is 1. The van der Waals surface area contributed by atoms with E-state index in [0.717, 1.165) is 24.8 Å². The number of hydrogen-bond acceptors (Lipinski definition) is 4. The van der Waals surface area contributed by atoms with Gasteiger partial charge in [0.05, 0.1) is 13.0 Å². The number of rotatable bonds is 4. The van der Waals surface area contributed by atoms with Gasteiger partial charge in [-0.05, 0) is 5.92 Å². The molecule has 0 aromatic carbocycles. The Morgan fingerprint density at radius 3 is 2.67 bits per heavy atom. The maximum absolute atomic E-state index is 11.4. The molecule has 1 fully saturated rings. The predicted molar refractivity (Wildman–Crippen MR) is 101 cm³/mol. The number of nitrogens with one attached hydrogen (secondary N) is 1. The molecule has 1 aliphatic heterocycles. The first kappa shape index (κ1) is 20.8. The van der Waals surface area contributed by atoms with E-state index >= 15 is 0 Å². The van der Waals surface area contributed by atoms with Crippen LogP contribution >= 0.6 is 35.7 Å². The largest absolute Gasteiger partial charge is 0.469 e. The number of guanidine groups is 1. The fraction of sp³-hybridized carbons (Fsp3) is 0.857. The molecule has 0 amide bonds. The highest BCUT2D eigenvalue weighted by atomic mass is 127. The van der Waals surface area contributed by atoms with Crippen LogP contribution < -0.4 is 5.32 Å². The molecule has 0 spiro atoms. The summed E-state index contributed by atoms with van der Waals surface area (Å²) in [6, 6.07) is 0. The van der Waals surface area contributed by atoms with Crippen LogP contribution in [0.2, 0.25) is 0 Å². The Kier molecular flexibility index (Phi) is 10.4. The van der Waals surface area contributed by atoms with Gasteiger partial charge in [0, 0.05) is 37.7 Å². The smallest absolute Gasteiger partial charge is 0.310 e. The topological polar surface area (TPSA) is 53.9 Å². The molecule has 21 heavy (non-hydrogen) atoms. The highest BCUT2D eigenvalue weighted by molar-refractivity contribution is 14.0. The van der Waals surface area contributed by atoms with Gasteiger partial charge in [0.15, 0.2) is 5.96 Å². The first-order chi connectivity index (χ1) is 9.49. The highest BCUT2D eigenvalue weighted by Gasteiger charge is 2.25. The molecular formula is C14H28IN3O2S. The minimum absolute atomic E-state index is 0. The number of aliphatic imine (C=N–C) groups is 1. The molecule has 7 heteroatoms. The van der Waals surface area contributed by atoms with E-state index in [-0.39, 0.29) is 35.9 Å². The SMILES string of the molecule is CN=C(NCC(C)C(=O)OC)N1CCSC(C(C)C)C1.I. The Balaban J connectivity index is 0.00000400. The van der Waals surface area contributed by atoms with Gasteiger partial charge in [-0.1, -0.05) is 20.8 Å². The summed E-state index contributed by atoms with van der Waals surface area (Å²) in [5.74, 6) is 2.30. The van der Waals surface area contributed by atoms with Crippen molar-refractivity contribution in [1.29, 1.82) is 0 Å². The van der Waals surface area contributed by atoms with Gasteiger partial charge in [-0.25, -0.2) is 0 Å². The lowest BCUT2D eigenvalue weighted by atomic mass is 10.1. The van der Waals surface area contributed by atoms with Crippen molar-refractivity contribution in [3.8, 4) is 0 Å². The minimum Gasteiger partial charge on any atom is -0.469 e. The van der Waals surface area contributed by atoms with Gasteiger partial charge in [-0.2, -0.15) is 11.8 Å². The second kappa shape index (κ2) is 10.5. The van der Waals surface area contributed by atoms with E-state index in [1.165, 1.54) is 7.11 Å². The quantitative estimate of drug-likeness (QED) is 0.321. The first-order valence-electron chi connectivity index (χ1n) is 7.14. The molecule has 0 aromatic heterocycles. The summed E-state index contributed by atoms with van der Waals surface area (Å²) >= 11 is 2.04. The minimum atomic E-state index is -0.192. The average molecular weight is 429 g/mol. The fourth-order valence-corrected chi connectivity index (χ4v) is 3.43. The molecular weight excluding hydrogens is 401 g/mol. The number of nitrogens with zero attached hydrogens (tertiary/aromatic N) is 2. The van der Waals surface area contributed by atoms with Crippen molar-refractivity contribution in [3.05, 3.63) is 0 Å². The van der Waals surface area contributed by atoms with E-state index in [1.807, 2.05) is 18.7 Å². The lowest BCUT2D eigenvalue weighted by Crippen LogP contribution is -2.50. The molecule has 2 atom stereocenters. The van der Waals surface area contributed by atoms with Crippen LogP contribution in [0.5, 0.6) is 0 Å². The number of carbonyl (C=O) groups excluding carboxylic acids is 1. The Morgan fingerprint density at radius 2 is 2.14 bits per heavy atom. The van der Waals surface area contributed by atoms with Crippen LogP contribution in [0.15, 0.2) is 4.99 Å². The van der Waals surface area contributed by atoms with Crippen molar-refractivity contribution in [2.45, 2.75) is 26.0 Å². The maximum Gasteiger partial charge on any atom is 0.310 e. The molecule has 1 rings (SSSR count). The van der Waals surface area contributed by atoms with Crippen molar-refractivity contribution in [1.82, 2.24) is 10.2 Å². The van der Waals surface area contributed by atoms with Gasteiger partial charge in [0.2, 0.25) is 0 Å². The molecule has 1 saturated heterocycles. The number of hydrogen-bond donors (Lipinski definition) is 1. The molecule has 1 heterocycles. The standard InChI is InChI=1S/C14H27N3O2S.HI/c1-10(2)12-9-17(6-7-20-12)14(15-4)16-8-11(3)13(18)19-5;/h10-12H,6-9H2,1-5H3,(H,15,16);1H. The molecule has 0 bridgehead atoms. The van der Waals surface area contributed by atoms with E-state index in [4.69, 9.17) is 4.74 Å². The molecule has 0 aliphatic carbocycles. The predicted octanol–water partition coefficient (Wildman–Crippen LogP) is 2.06. The Labute approximate surface area is 149 Å². The van der Waals surface area contributed by atoms with Gasteiger partial charge in [0.1, 0.15) is 0 Å². The monoisotopic (exact) mass is 429 g/mol. The maximum atomic E-state index is 11.4. The summed E-state index contributed by atoms with van der Waals surface area (Å²) in [5.41, 5.74) is 0. The Bertz CT molecular complexity index is 353. The first-order valence-corrected chi connectivity index (χ1v) is 8.19. The summed E-state index contributed by atoms with van der Waals surface area (Å²) in [5, 5.41) is 3.92. The molecule has 124 valence electrons. The Morgan fingerprint density at radius 1 is 1.48 bits per heavy atom. The normalized spacial score (nSPS) is 20.8. The number of methoxy groups -OCH3 is 1. The summed E-state index contributed by atoms with van der Waals surface area (Å²) in [7, 11) is 3.21. The van der Waals surface area contributed by atoms with Gasteiger partial charge in [-0.3, -0.25) is 9.79 Å². The van der Waals surface area contributed by atoms with Crippen molar-refractivity contribution >= 4 is 47.7 Å². The molecule has 0 radical (unpaired) electrons. The molecule has 0 saturated carbocycles. The number of ether oxygens (including phenoxy) is 1. The molecule has 5 nitrogen and oxygen atoms in total. The van der Waals surface area contributed by atoms with E-state index in [9.17, 15) is 4.79 Å². The summed E-state index contributed by atoms with van der Waals surface area (Å²) in [4.78, 5) is 18.0. The summed E-state index contributed by atoms with van der Waals surface area (Å²) < 4.78 is 4.74. The second-order valence-electron chi connectivity index (χ2n) is 5.45. The van der Waals surface area contributed by atoms with Crippen LogP contribution in [0.3, 0.4) is 0 Å². The van der Waals surface area contributed by atoms with E-state index in [2.05, 4.69) is 29.1 Å². The fourth-order valence-electron chi connectivity index (χ4n) is 2.13. The third-order valence-electron chi connectivity index (χ3n) is 3.52. The zero-order valence-corrected chi connectivity index (χ0v) is 16.7. The van der Waals surface area contributed by atoms with E-state index in [1.54, 1.807) is 7.05 Å². The van der Waals surface area contributed by atoms with Crippen LogP contribution in [-0.4, -0.2) is 61.6 Å². The zero-order chi connectivity index (χ0) is 15.1. The summed E-state index contributed by atoms with van der Waals surface area (Å²) in [6.45, 7) is 8.94. The number of carbonyl (C=O) groups is 1. The van der Waals surface area contributed by atoms with Gasteiger partial charge >= 0.3 is 5.97 Å². The van der Waals surface area contributed by atoms with Gasteiger partial charge < -0.3 is 15.0 Å². The van der Waals surface area contributed by atoms with Crippen molar-refractivity contribution in [2.24, 2.45) is 16.8 Å². The van der Waals surface area contributed by atoms with Gasteiger partial charge in [-0.15, -0.1) is 24.0 Å². The zero-order valence-electron chi connectivity index (χ0n) is 13.6. The lowest BCUT2D eigenvalue weighted by Gasteiger charge is -2.36. The van der Waals surface area contributed by atoms with Crippen molar-refractivity contribution in [2.75, 3.05) is 39.5 Å². The molecule has 1 aliphatic rings. The summed E-state index contributed by atoms with van der Waals surface area (Å²) in [6.07, 6.45) is 0. The number of thioether (sulfide) groups is 1. The second-order valence-corrected chi connectivity index (χ2v) is 6.80. The number of esters is 1.